The molecule has 3 aliphatic rings. The van der Waals surface area contributed by atoms with E-state index < -0.39 is 35.7 Å². The maximum Gasteiger partial charge on any atom is 0.417 e. The molecule has 33 heavy (non-hydrogen) atoms. The summed E-state index contributed by atoms with van der Waals surface area (Å²) in [5, 5.41) is 0. The molecule has 3 atom stereocenters. The molecule has 0 aliphatic carbocycles. The molecule has 3 saturated heterocycles. The highest BCUT2D eigenvalue weighted by Crippen LogP contribution is 2.40. The highest BCUT2D eigenvalue weighted by atomic mass is 16.8. The summed E-state index contributed by atoms with van der Waals surface area (Å²) in [5.74, 6) is -2.91. The number of amides is 1. The minimum atomic E-state index is -1.64. The Morgan fingerprint density at radius 2 is 1.61 bits per heavy atom. The Kier molecular flexibility index (Phi) is 7.41. The standard InChI is InChI=1S/C26H37NO6/c1-4-5-6-7-8-9-10-11-12-19-13-15-20(16-14-19)27-18-26(33-24(27)29)23(28)22-21(17-30-26)31-25(2,3)32-22/h13-16,21-22H,4-12,17-18H2,1-3H3/t21-,22-,26+/m1/s1. The van der Waals surface area contributed by atoms with Crippen molar-refractivity contribution in [2.75, 3.05) is 18.1 Å². The zero-order valence-electron chi connectivity index (χ0n) is 20.1. The number of hydrogen-bond donors (Lipinski definition) is 0. The molecule has 0 aromatic heterocycles. The monoisotopic (exact) mass is 459 g/mol. The Bertz CT molecular complexity index is 838. The van der Waals surface area contributed by atoms with Gasteiger partial charge in [-0.1, -0.05) is 64.0 Å². The van der Waals surface area contributed by atoms with E-state index in [9.17, 15) is 9.59 Å². The van der Waals surface area contributed by atoms with Crippen molar-refractivity contribution in [3.8, 4) is 0 Å². The van der Waals surface area contributed by atoms with Crippen LogP contribution in [0.1, 0.15) is 77.7 Å². The number of Topliss-reactive ketones (excluding diaryl/α,β-unsaturated/α-hetero) is 1. The van der Waals surface area contributed by atoms with Crippen molar-refractivity contribution in [1.82, 2.24) is 0 Å². The van der Waals surface area contributed by atoms with Gasteiger partial charge in [-0.25, -0.2) is 4.79 Å². The summed E-state index contributed by atoms with van der Waals surface area (Å²) in [5.41, 5.74) is 1.94. The normalized spacial score (nSPS) is 28.4. The minimum Gasteiger partial charge on any atom is -0.407 e. The molecule has 4 rings (SSSR count). The van der Waals surface area contributed by atoms with Gasteiger partial charge in [0.25, 0.3) is 5.79 Å². The topological polar surface area (TPSA) is 74.3 Å². The predicted octanol–water partition coefficient (Wildman–Crippen LogP) is 5.14. The Morgan fingerprint density at radius 3 is 2.30 bits per heavy atom. The molecule has 0 radical (unpaired) electrons. The Morgan fingerprint density at radius 1 is 0.939 bits per heavy atom. The molecule has 1 aromatic rings. The van der Waals surface area contributed by atoms with Crippen LogP contribution in [0.4, 0.5) is 10.5 Å². The van der Waals surface area contributed by atoms with Crippen LogP contribution >= 0.6 is 0 Å². The van der Waals surface area contributed by atoms with Crippen LogP contribution in [0.15, 0.2) is 24.3 Å². The average molecular weight is 460 g/mol. The number of aryl methyl sites for hydroxylation is 1. The second-order valence-corrected chi connectivity index (χ2v) is 9.87. The number of ether oxygens (including phenoxy) is 4. The summed E-state index contributed by atoms with van der Waals surface area (Å²) in [7, 11) is 0. The van der Waals surface area contributed by atoms with E-state index in [0.29, 0.717) is 5.69 Å². The lowest BCUT2D eigenvalue weighted by Crippen LogP contribution is -2.59. The number of anilines is 1. The molecular weight excluding hydrogens is 422 g/mol. The van der Waals surface area contributed by atoms with Gasteiger partial charge in [-0.05, 0) is 44.4 Å². The van der Waals surface area contributed by atoms with Crippen molar-refractivity contribution < 1.29 is 28.5 Å². The van der Waals surface area contributed by atoms with Crippen LogP contribution in [0.3, 0.4) is 0 Å². The summed E-state index contributed by atoms with van der Waals surface area (Å²) in [6, 6.07) is 7.92. The van der Waals surface area contributed by atoms with Gasteiger partial charge in [0.1, 0.15) is 12.6 Å². The van der Waals surface area contributed by atoms with Crippen molar-refractivity contribution in [2.45, 2.75) is 102 Å². The molecule has 1 amide bonds. The lowest BCUT2D eigenvalue weighted by molar-refractivity contribution is -0.218. The van der Waals surface area contributed by atoms with E-state index in [1.807, 2.05) is 24.3 Å². The van der Waals surface area contributed by atoms with E-state index in [4.69, 9.17) is 18.9 Å². The van der Waals surface area contributed by atoms with Crippen molar-refractivity contribution in [3.63, 3.8) is 0 Å². The summed E-state index contributed by atoms with van der Waals surface area (Å²) >= 11 is 0. The number of nitrogens with zero attached hydrogens (tertiary/aromatic N) is 1. The van der Waals surface area contributed by atoms with Crippen molar-refractivity contribution in [3.05, 3.63) is 29.8 Å². The van der Waals surface area contributed by atoms with E-state index >= 15 is 0 Å². The lowest BCUT2D eigenvalue weighted by Gasteiger charge is -2.34. The molecule has 0 saturated carbocycles. The molecule has 3 fully saturated rings. The van der Waals surface area contributed by atoms with E-state index in [-0.39, 0.29) is 13.2 Å². The summed E-state index contributed by atoms with van der Waals surface area (Å²) in [4.78, 5) is 27.2. The van der Waals surface area contributed by atoms with Crippen molar-refractivity contribution in [1.29, 1.82) is 0 Å². The van der Waals surface area contributed by atoms with Gasteiger partial charge in [0, 0.05) is 5.69 Å². The quantitative estimate of drug-likeness (QED) is 0.451. The van der Waals surface area contributed by atoms with E-state index in [1.54, 1.807) is 13.8 Å². The molecule has 1 spiro atoms. The molecule has 1 aromatic carbocycles. The molecular formula is C26H37NO6. The SMILES string of the molecule is CCCCCCCCCCc1ccc(N2C[C@]3(OC[C@H]4OC(C)(C)O[C@H]4C3=O)OC2=O)cc1. The average Bonchev–Trinajstić information content (AvgIpc) is 3.30. The fourth-order valence-electron chi connectivity index (χ4n) is 4.89. The first-order valence-corrected chi connectivity index (χ1v) is 12.5. The van der Waals surface area contributed by atoms with Gasteiger partial charge in [0.05, 0.1) is 6.61 Å². The molecule has 0 N–H and O–H groups in total. The second-order valence-electron chi connectivity index (χ2n) is 9.87. The zero-order chi connectivity index (χ0) is 23.5. The van der Waals surface area contributed by atoms with Gasteiger partial charge in [-0.2, -0.15) is 0 Å². The third-order valence-corrected chi connectivity index (χ3v) is 6.70. The van der Waals surface area contributed by atoms with Gasteiger partial charge in [-0.15, -0.1) is 0 Å². The van der Waals surface area contributed by atoms with Crippen LogP contribution in [-0.4, -0.2) is 48.8 Å². The number of carbonyl (C=O) groups is 2. The summed E-state index contributed by atoms with van der Waals surface area (Å²) < 4.78 is 22.7. The number of unbranched alkanes of at least 4 members (excludes halogenated alkanes) is 7. The molecule has 7 heteroatoms. The van der Waals surface area contributed by atoms with E-state index in [0.717, 1.165) is 6.42 Å². The molecule has 182 valence electrons. The smallest absolute Gasteiger partial charge is 0.407 e. The number of ketones is 1. The Hall–Kier alpha value is -1.96. The summed E-state index contributed by atoms with van der Waals surface area (Å²) in [6.07, 6.45) is 9.55. The van der Waals surface area contributed by atoms with Gasteiger partial charge < -0.3 is 18.9 Å². The number of benzene rings is 1. The maximum atomic E-state index is 13.1. The largest absolute Gasteiger partial charge is 0.417 e. The Labute approximate surface area is 196 Å². The zero-order valence-corrected chi connectivity index (χ0v) is 20.1. The first-order chi connectivity index (χ1) is 15.8. The maximum absolute atomic E-state index is 13.1. The first kappa shape index (κ1) is 24.2. The second kappa shape index (κ2) is 10.1. The Balaban J connectivity index is 1.28. The van der Waals surface area contributed by atoms with Crippen LogP contribution in [0.5, 0.6) is 0 Å². The van der Waals surface area contributed by atoms with Crippen molar-refractivity contribution in [2.24, 2.45) is 0 Å². The van der Waals surface area contributed by atoms with Crippen LogP contribution in [0.2, 0.25) is 0 Å². The minimum absolute atomic E-state index is 0.00898. The van der Waals surface area contributed by atoms with Gasteiger partial charge >= 0.3 is 6.09 Å². The van der Waals surface area contributed by atoms with Gasteiger partial charge in [0.2, 0.25) is 5.78 Å². The third kappa shape index (κ3) is 5.42. The highest BCUT2D eigenvalue weighted by Gasteiger charge is 2.63. The van der Waals surface area contributed by atoms with Gasteiger partial charge in [0.15, 0.2) is 11.9 Å². The summed E-state index contributed by atoms with van der Waals surface area (Å²) in [6.45, 7) is 5.91. The molecule has 7 nitrogen and oxygen atoms in total. The van der Waals surface area contributed by atoms with E-state index in [1.165, 1.54) is 61.8 Å². The van der Waals surface area contributed by atoms with E-state index in [2.05, 4.69) is 6.92 Å². The number of carbonyl (C=O) groups excluding carboxylic acids is 2. The number of fused-ring (bicyclic) bond motifs is 1. The van der Waals surface area contributed by atoms with Crippen LogP contribution in [-0.2, 0) is 30.2 Å². The van der Waals surface area contributed by atoms with Crippen LogP contribution in [0, 0.1) is 0 Å². The highest BCUT2D eigenvalue weighted by molar-refractivity contribution is 6.00. The number of hydrogen-bond acceptors (Lipinski definition) is 6. The molecule has 0 bridgehead atoms. The fourth-order valence-corrected chi connectivity index (χ4v) is 4.89. The first-order valence-electron chi connectivity index (χ1n) is 12.5. The number of rotatable bonds is 10. The molecule has 3 aliphatic heterocycles. The predicted molar refractivity (Wildman–Crippen MR) is 124 cm³/mol. The van der Waals surface area contributed by atoms with Crippen molar-refractivity contribution >= 4 is 17.6 Å². The van der Waals surface area contributed by atoms with Crippen LogP contribution < -0.4 is 4.90 Å². The molecule has 0 unspecified atom stereocenters. The molecule has 3 heterocycles. The lowest BCUT2D eigenvalue weighted by atomic mass is 9.98. The fraction of sp³-hybridized carbons (Fsp3) is 0.692. The van der Waals surface area contributed by atoms with Gasteiger partial charge in [-0.3, -0.25) is 9.69 Å². The third-order valence-electron chi connectivity index (χ3n) is 6.70. The van der Waals surface area contributed by atoms with Crippen LogP contribution in [0.25, 0.3) is 0 Å².